The third-order valence-corrected chi connectivity index (χ3v) is 8.26. The zero-order chi connectivity index (χ0) is 30.3. The van der Waals surface area contributed by atoms with E-state index in [2.05, 4.69) is 13.8 Å². The van der Waals surface area contributed by atoms with Crippen molar-refractivity contribution in [3.05, 3.63) is 0 Å². The van der Waals surface area contributed by atoms with Crippen LogP contribution >= 0.6 is 7.82 Å². The Labute approximate surface area is 252 Å². The number of hydrogen-bond donors (Lipinski definition) is 2. The topological polar surface area (TPSA) is 117 Å². The van der Waals surface area contributed by atoms with E-state index >= 15 is 0 Å². The average molecular weight is 608 g/mol. The van der Waals surface area contributed by atoms with Gasteiger partial charge < -0.3 is 20.1 Å². The summed E-state index contributed by atoms with van der Waals surface area (Å²) in [6.45, 7) is 4.92. The lowest BCUT2D eigenvalue weighted by Crippen LogP contribution is -2.28. The van der Waals surface area contributed by atoms with Gasteiger partial charge in [-0.15, -0.1) is 0 Å². The molecule has 2 atom stereocenters. The van der Waals surface area contributed by atoms with Gasteiger partial charge in [0.25, 0.3) is 0 Å². The normalized spacial score (nSPS) is 13.8. The summed E-state index contributed by atoms with van der Waals surface area (Å²) in [6, 6.07) is 0. The number of phosphoric ester groups is 1. The molecule has 0 aliphatic carbocycles. The van der Waals surface area contributed by atoms with Crippen LogP contribution in [0.4, 0.5) is 0 Å². The van der Waals surface area contributed by atoms with Gasteiger partial charge in [-0.25, -0.2) is 4.57 Å². The molecule has 0 saturated heterocycles. The Balaban J connectivity index is 4.10. The number of esters is 1. The maximum Gasteiger partial charge on any atom is 0.472 e. The number of carbonyl (C=O) groups excluding carboxylic acids is 1. The first kappa shape index (κ1) is 40.5. The Kier molecular flexibility index (Phi) is 30.6. The molecule has 0 bridgehead atoms. The van der Waals surface area contributed by atoms with Crippen LogP contribution in [0.25, 0.3) is 0 Å². The molecule has 0 radical (unpaired) electrons. The van der Waals surface area contributed by atoms with Crippen LogP contribution in [0.5, 0.6) is 0 Å². The Hall–Kier alpha value is -0.500. The molecule has 0 aromatic rings. The van der Waals surface area contributed by atoms with Crippen molar-refractivity contribution in [2.75, 3.05) is 33.0 Å². The summed E-state index contributed by atoms with van der Waals surface area (Å²) in [6.07, 6.45) is 26.8. The van der Waals surface area contributed by atoms with E-state index in [0.717, 1.165) is 32.1 Å². The molecule has 0 amide bonds. The molecule has 0 aromatic heterocycles. The van der Waals surface area contributed by atoms with Crippen LogP contribution in [0.3, 0.4) is 0 Å². The van der Waals surface area contributed by atoms with E-state index in [1.54, 1.807) is 0 Å². The second kappa shape index (κ2) is 30.9. The summed E-state index contributed by atoms with van der Waals surface area (Å²) >= 11 is 0. The van der Waals surface area contributed by atoms with Crippen molar-refractivity contribution in [1.29, 1.82) is 0 Å². The average Bonchev–Trinajstić information content (AvgIpc) is 2.96. The van der Waals surface area contributed by atoms with E-state index in [1.165, 1.54) is 109 Å². The number of phosphoric acid groups is 1. The number of carbonyl (C=O) groups is 1. The fraction of sp³-hybridized carbons (Fsp3) is 0.969. The molecule has 0 saturated carbocycles. The zero-order valence-electron chi connectivity index (χ0n) is 26.8. The number of hydrogen-bond acceptors (Lipinski definition) is 7. The maximum atomic E-state index is 12.4. The van der Waals surface area contributed by atoms with Crippen molar-refractivity contribution < 1.29 is 32.8 Å². The molecule has 0 heterocycles. The zero-order valence-corrected chi connectivity index (χ0v) is 27.7. The highest BCUT2D eigenvalue weighted by Crippen LogP contribution is 2.43. The lowest BCUT2D eigenvalue weighted by Gasteiger charge is -2.20. The van der Waals surface area contributed by atoms with E-state index in [-0.39, 0.29) is 32.3 Å². The van der Waals surface area contributed by atoms with Crippen LogP contribution in [0.15, 0.2) is 0 Å². The van der Waals surface area contributed by atoms with Crippen molar-refractivity contribution in [2.45, 2.75) is 168 Å². The van der Waals surface area contributed by atoms with E-state index < -0.39 is 13.9 Å². The van der Waals surface area contributed by atoms with Gasteiger partial charge >= 0.3 is 13.8 Å². The van der Waals surface area contributed by atoms with Gasteiger partial charge in [0.15, 0.2) is 0 Å². The second-order valence-electron chi connectivity index (χ2n) is 11.4. The summed E-state index contributed by atoms with van der Waals surface area (Å²) in [7, 11) is -4.25. The van der Waals surface area contributed by atoms with Crippen molar-refractivity contribution in [1.82, 2.24) is 0 Å². The summed E-state index contributed by atoms with van der Waals surface area (Å²) in [5, 5.41) is 0. The number of nitrogens with two attached hydrogens (primary N) is 1. The summed E-state index contributed by atoms with van der Waals surface area (Å²) in [5.74, 6) is -0.330. The lowest BCUT2D eigenvalue weighted by atomic mass is 10.0. The molecule has 0 aliphatic rings. The van der Waals surface area contributed by atoms with Crippen molar-refractivity contribution >= 4 is 13.8 Å². The van der Waals surface area contributed by atoms with Gasteiger partial charge in [-0.1, -0.05) is 142 Å². The highest BCUT2D eigenvalue weighted by Gasteiger charge is 2.25. The Morgan fingerprint density at radius 1 is 0.634 bits per heavy atom. The molecular weight excluding hydrogens is 541 g/mol. The smallest absolute Gasteiger partial charge is 0.457 e. The van der Waals surface area contributed by atoms with Crippen LogP contribution in [0, 0.1) is 0 Å². The van der Waals surface area contributed by atoms with Gasteiger partial charge in [0.1, 0.15) is 6.10 Å². The molecule has 41 heavy (non-hydrogen) atoms. The fourth-order valence-electron chi connectivity index (χ4n) is 4.76. The number of rotatable bonds is 33. The van der Waals surface area contributed by atoms with Crippen molar-refractivity contribution in [3.8, 4) is 0 Å². The molecule has 246 valence electrons. The van der Waals surface area contributed by atoms with Gasteiger partial charge in [0.2, 0.25) is 0 Å². The van der Waals surface area contributed by atoms with E-state index in [9.17, 15) is 14.3 Å². The van der Waals surface area contributed by atoms with Crippen LogP contribution < -0.4 is 5.73 Å². The molecule has 0 aromatic carbocycles. The molecule has 9 heteroatoms. The Morgan fingerprint density at radius 3 is 1.54 bits per heavy atom. The van der Waals surface area contributed by atoms with Crippen LogP contribution in [0.1, 0.15) is 162 Å². The predicted octanol–water partition coefficient (Wildman–Crippen LogP) is 9.02. The van der Waals surface area contributed by atoms with Crippen LogP contribution in [-0.4, -0.2) is 49.9 Å². The molecule has 0 rings (SSSR count). The first-order valence-corrected chi connectivity index (χ1v) is 18.5. The molecule has 3 N–H and O–H groups in total. The SMILES string of the molecule is CCCCCCCCCCCCCCCC(=O)OC(COCCCCCCCCCCC)COP(=O)(O)OCCN. The summed E-state index contributed by atoms with van der Waals surface area (Å²) in [4.78, 5) is 22.2. The molecule has 2 unspecified atom stereocenters. The predicted molar refractivity (Wildman–Crippen MR) is 169 cm³/mol. The molecular formula is C32H66NO7P. The molecule has 0 aliphatic heterocycles. The minimum Gasteiger partial charge on any atom is -0.457 e. The highest BCUT2D eigenvalue weighted by molar-refractivity contribution is 7.47. The standard InChI is InChI=1S/C32H66NO7P/c1-3-5-7-9-11-13-14-15-16-17-19-21-23-25-32(34)40-31(30-39-41(35,36)38-28-26-33)29-37-27-24-22-20-18-12-10-8-6-4-2/h31H,3-30,33H2,1-2H3,(H,35,36). The third-order valence-electron chi connectivity index (χ3n) is 7.27. The quantitative estimate of drug-likeness (QED) is 0.0431. The number of unbranched alkanes of at least 4 members (excludes halogenated alkanes) is 20. The highest BCUT2D eigenvalue weighted by atomic mass is 31.2. The van der Waals surface area contributed by atoms with Gasteiger partial charge in [0.05, 0.1) is 19.8 Å². The number of ether oxygens (including phenoxy) is 2. The van der Waals surface area contributed by atoms with Gasteiger partial charge in [0, 0.05) is 19.6 Å². The van der Waals surface area contributed by atoms with Gasteiger partial charge in [-0.2, -0.15) is 0 Å². The minimum atomic E-state index is -4.25. The monoisotopic (exact) mass is 607 g/mol. The summed E-state index contributed by atoms with van der Waals surface area (Å²) in [5.41, 5.74) is 5.33. The Bertz CT molecular complexity index is 609. The first-order chi connectivity index (χ1) is 19.9. The van der Waals surface area contributed by atoms with E-state index in [1.807, 2.05) is 0 Å². The Morgan fingerprint density at radius 2 is 1.07 bits per heavy atom. The second-order valence-corrected chi connectivity index (χ2v) is 12.8. The largest absolute Gasteiger partial charge is 0.472 e. The van der Waals surface area contributed by atoms with Gasteiger partial charge in [-0.05, 0) is 12.8 Å². The minimum absolute atomic E-state index is 0.0909. The third kappa shape index (κ3) is 30.8. The fourth-order valence-corrected chi connectivity index (χ4v) is 5.53. The van der Waals surface area contributed by atoms with Crippen molar-refractivity contribution in [3.63, 3.8) is 0 Å². The molecule has 0 spiro atoms. The lowest BCUT2D eigenvalue weighted by molar-refractivity contribution is -0.154. The molecule has 8 nitrogen and oxygen atoms in total. The maximum absolute atomic E-state index is 12.4. The van der Waals surface area contributed by atoms with E-state index in [4.69, 9.17) is 24.3 Å². The first-order valence-electron chi connectivity index (χ1n) is 17.0. The summed E-state index contributed by atoms with van der Waals surface area (Å²) < 4.78 is 33.1. The van der Waals surface area contributed by atoms with Gasteiger partial charge in [-0.3, -0.25) is 13.8 Å². The van der Waals surface area contributed by atoms with E-state index in [0.29, 0.717) is 13.0 Å². The van der Waals surface area contributed by atoms with Crippen molar-refractivity contribution in [2.24, 2.45) is 5.73 Å². The van der Waals surface area contributed by atoms with Crippen LogP contribution in [-0.2, 0) is 27.9 Å². The van der Waals surface area contributed by atoms with Crippen LogP contribution in [0.2, 0.25) is 0 Å². The molecule has 0 fully saturated rings.